The molecule has 2 aromatic carbocycles. The molecule has 2 aliphatic rings. The van der Waals surface area contributed by atoms with E-state index in [0.29, 0.717) is 11.3 Å². The number of esters is 1. The summed E-state index contributed by atoms with van der Waals surface area (Å²) in [6, 6.07) is 20.9. The molecule has 2 saturated heterocycles. The van der Waals surface area contributed by atoms with Crippen LogP contribution in [0.2, 0.25) is 0 Å². The number of benzene rings is 2. The molecule has 1 N–H and O–H groups in total. The van der Waals surface area contributed by atoms with E-state index in [9.17, 15) is 14.4 Å². The van der Waals surface area contributed by atoms with Crippen molar-refractivity contribution in [3.8, 4) is 5.75 Å². The number of carbonyl (C=O) groups is 3. The second kappa shape index (κ2) is 10.4. The summed E-state index contributed by atoms with van der Waals surface area (Å²) < 4.78 is 11.1. The number of hydrogen-bond acceptors (Lipinski definition) is 6. The zero-order valence-corrected chi connectivity index (χ0v) is 19.3. The topological polar surface area (TPSA) is 97.8 Å². The molecule has 0 spiro atoms. The molecule has 9 heteroatoms. The number of nitrogens with zero attached hydrogens (tertiary/aromatic N) is 2. The third kappa shape index (κ3) is 4.74. The summed E-state index contributed by atoms with van der Waals surface area (Å²) in [7, 11) is 0. The number of pyridine rings is 1. The first-order chi connectivity index (χ1) is 16.6. The number of ether oxygens (including phenoxy) is 2. The van der Waals surface area contributed by atoms with E-state index < -0.39 is 24.0 Å². The van der Waals surface area contributed by atoms with Gasteiger partial charge in [0.15, 0.2) is 0 Å². The average Bonchev–Trinajstić information content (AvgIpc) is 3.25. The van der Waals surface area contributed by atoms with Gasteiger partial charge in [0.1, 0.15) is 12.4 Å². The van der Waals surface area contributed by atoms with Gasteiger partial charge in [-0.05, 0) is 29.8 Å². The molecule has 3 heterocycles. The number of β-lactam (4-membered cyclic amide) rings is 1. The summed E-state index contributed by atoms with van der Waals surface area (Å²) in [6.07, 6.45) is 2.53. The fraction of sp³-hybridized carbons (Fsp3) is 0.154. The van der Waals surface area contributed by atoms with Gasteiger partial charge in [-0.25, -0.2) is 9.59 Å². The van der Waals surface area contributed by atoms with E-state index in [4.69, 9.17) is 9.47 Å². The third-order valence-electron chi connectivity index (χ3n) is 5.81. The molecule has 1 aromatic heterocycles. The predicted octanol–water partition coefficient (Wildman–Crippen LogP) is 3.76. The Balaban J connectivity index is 0.00000289. The van der Waals surface area contributed by atoms with Gasteiger partial charge in [-0.1, -0.05) is 48.5 Å². The first-order valence-corrected chi connectivity index (χ1v) is 10.8. The lowest BCUT2D eigenvalue weighted by molar-refractivity contribution is -0.136. The smallest absolute Gasteiger partial charge is 0.415 e. The minimum atomic E-state index is -0.781. The summed E-state index contributed by atoms with van der Waals surface area (Å²) in [5.74, 6) is -1.48. The van der Waals surface area contributed by atoms with Crippen molar-refractivity contribution in [3.05, 3.63) is 102 Å². The summed E-state index contributed by atoms with van der Waals surface area (Å²) >= 11 is 0. The van der Waals surface area contributed by atoms with Gasteiger partial charge < -0.3 is 14.8 Å². The van der Waals surface area contributed by atoms with Crippen LogP contribution in [0.15, 0.2) is 90.8 Å². The van der Waals surface area contributed by atoms with Gasteiger partial charge in [0.2, 0.25) is 5.91 Å². The molecule has 8 nitrogen and oxygen atoms in total. The van der Waals surface area contributed by atoms with Gasteiger partial charge >= 0.3 is 12.1 Å². The molecule has 0 aliphatic carbocycles. The molecular weight excluding hydrogens is 470 g/mol. The Bertz CT molecular complexity index is 1250. The van der Waals surface area contributed by atoms with E-state index in [-0.39, 0.29) is 42.7 Å². The van der Waals surface area contributed by atoms with Gasteiger partial charge in [0.05, 0.1) is 23.2 Å². The van der Waals surface area contributed by atoms with E-state index in [1.807, 2.05) is 30.3 Å². The molecule has 2 amide bonds. The Morgan fingerprint density at radius 1 is 1.00 bits per heavy atom. The molecule has 5 rings (SSSR count). The molecule has 0 radical (unpaired) electrons. The highest BCUT2D eigenvalue weighted by atomic mass is 35.5. The van der Waals surface area contributed by atoms with Crippen molar-refractivity contribution in [2.45, 2.75) is 6.04 Å². The molecule has 0 unspecified atom stereocenters. The maximum atomic E-state index is 13.6. The fourth-order valence-corrected chi connectivity index (χ4v) is 4.09. The van der Waals surface area contributed by atoms with Crippen LogP contribution in [0.3, 0.4) is 0 Å². The highest BCUT2D eigenvalue weighted by Crippen LogP contribution is 2.39. The molecule has 0 bridgehead atoms. The number of hydrogen-bond donors (Lipinski definition) is 1. The van der Waals surface area contributed by atoms with E-state index in [1.165, 1.54) is 4.90 Å². The number of carbonyl (C=O) groups excluding carboxylic acids is 3. The van der Waals surface area contributed by atoms with Gasteiger partial charge in [-0.2, -0.15) is 0 Å². The first kappa shape index (κ1) is 24.0. The van der Waals surface area contributed by atoms with Gasteiger partial charge in [0, 0.05) is 24.5 Å². The number of aromatic nitrogens is 1. The fourth-order valence-electron chi connectivity index (χ4n) is 4.09. The lowest BCUT2D eigenvalue weighted by Gasteiger charge is -2.33. The minimum Gasteiger partial charge on any atom is -0.447 e. The second-order valence-corrected chi connectivity index (χ2v) is 7.88. The predicted molar refractivity (Wildman–Crippen MR) is 129 cm³/mol. The maximum Gasteiger partial charge on any atom is 0.415 e. The number of para-hydroxylation sites is 1. The van der Waals surface area contributed by atoms with Crippen LogP contribution < -0.4 is 10.1 Å². The van der Waals surface area contributed by atoms with Crippen molar-refractivity contribution in [1.82, 2.24) is 15.2 Å². The van der Waals surface area contributed by atoms with Crippen molar-refractivity contribution in [2.24, 2.45) is 5.92 Å². The molecule has 2 fully saturated rings. The summed E-state index contributed by atoms with van der Waals surface area (Å²) in [5.41, 5.74) is 1.68. The highest BCUT2D eigenvalue weighted by molar-refractivity contribution is 6.07. The number of cyclic esters (lactones) is 1. The van der Waals surface area contributed by atoms with E-state index in [0.717, 1.165) is 5.56 Å². The Labute approximate surface area is 208 Å². The quantitative estimate of drug-likeness (QED) is 0.244. The minimum absolute atomic E-state index is 0. The van der Waals surface area contributed by atoms with Crippen molar-refractivity contribution in [2.75, 3.05) is 13.2 Å². The zero-order valence-electron chi connectivity index (χ0n) is 18.5. The number of rotatable bonds is 6. The molecule has 2 aliphatic heterocycles. The standard InChI is InChI=1S/C26H21N3O5.ClH/c30-24-20(15-28-24)22(25(31)34-19-11-5-2-6-12-19)23(18-10-7-13-27-14-18)29-21(16-33-26(29)32)17-8-3-1-4-9-17;/h1-14,20-21H,15-16H2,(H,28,30);1H/t20-,21+;/m0./s1. The van der Waals surface area contributed by atoms with E-state index in [1.54, 1.807) is 54.9 Å². The Hall–Kier alpha value is -4.17. The molecule has 35 heavy (non-hydrogen) atoms. The van der Waals surface area contributed by atoms with Crippen molar-refractivity contribution >= 4 is 36.1 Å². The zero-order chi connectivity index (χ0) is 23.5. The van der Waals surface area contributed by atoms with Crippen molar-refractivity contribution in [3.63, 3.8) is 0 Å². The molecule has 2 atom stereocenters. The largest absolute Gasteiger partial charge is 0.447 e. The van der Waals surface area contributed by atoms with Crippen LogP contribution in [0.4, 0.5) is 4.79 Å². The van der Waals surface area contributed by atoms with Crippen LogP contribution >= 0.6 is 12.4 Å². The van der Waals surface area contributed by atoms with Crippen molar-refractivity contribution < 1.29 is 23.9 Å². The van der Waals surface area contributed by atoms with Gasteiger partial charge in [-0.15, -0.1) is 12.4 Å². The van der Waals surface area contributed by atoms with Gasteiger partial charge in [-0.3, -0.25) is 14.7 Å². The second-order valence-electron chi connectivity index (χ2n) is 7.88. The average molecular weight is 492 g/mol. The van der Waals surface area contributed by atoms with E-state index >= 15 is 0 Å². The van der Waals surface area contributed by atoms with Crippen LogP contribution in [-0.2, 0) is 14.3 Å². The van der Waals surface area contributed by atoms with Crippen LogP contribution in [-0.4, -0.2) is 41.0 Å². The normalized spacial score (nSPS) is 19.5. The monoisotopic (exact) mass is 491 g/mol. The third-order valence-corrected chi connectivity index (χ3v) is 5.81. The summed E-state index contributed by atoms with van der Waals surface area (Å²) in [4.78, 5) is 44.7. The van der Waals surface area contributed by atoms with Crippen LogP contribution in [0, 0.1) is 5.92 Å². The first-order valence-electron chi connectivity index (χ1n) is 10.8. The lowest BCUT2D eigenvalue weighted by atomic mass is 9.88. The molecule has 178 valence electrons. The van der Waals surface area contributed by atoms with Crippen LogP contribution in [0.1, 0.15) is 17.2 Å². The SMILES string of the molecule is Cl.O=C(Oc1ccccc1)C(=C(c1cccnc1)N1C(=O)OC[C@@H]1c1ccccc1)[C@@H]1CNC1=O. The van der Waals surface area contributed by atoms with Crippen molar-refractivity contribution in [1.29, 1.82) is 0 Å². The Morgan fingerprint density at radius 2 is 1.71 bits per heavy atom. The van der Waals surface area contributed by atoms with Crippen LogP contribution in [0.5, 0.6) is 5.75 Å². The summed E-state index contributed by atoms with van der Waals surface area (Å²) in [5, 5.41) is 2.68. The number of nitrogens with one attached hydrogen (secondary N) is 1. The Morgan fingerprint density at radius 3 is 2.31 bits per heavy atom. The summed E-state index contributed by atoms with van der Waals surface area (Å²) in [6.45, 7) is 0.352. The maximum absolute atomic E-state index is 13.6. The number of amides is 2. The van der Waals surface area contributed by atoms with Gasteiger partial charge in [0.25, 0.3) is 0 Å². The highest BCUT2D eigenvalue weighted by Gasteiger charge is 2.45. The molecule has 0 saturated carbocycles. The lowest BCUT2D eigenvalue weighted by Crippen LogP contribution is -2.52. The molecule has 3 aromatic rings. The number of halogens is 1. The van der Waals surface area contributed by atoms with E-state index in [2.05, 4.69) is 10.3 Å². The Kier molecular flexibility index (Phi) is 7.12. The van der Waals surface area contributed by atoms with Crippen LogP contribution in [0.25, 0.3) is 5.70 Å². The molecular formula is C26H22ClN3O5.